The molecule has 130 valence electrons. The maximum atomic E-state index is 13.0. The van der Waals surface area contributed by atoms with Crippen molar-refractivity contribution in [3.8, 4) is 0 Å². The molecule has 4 unspecified atom stereocenters. The Morgan fingerprint density at radius 3 is 2.67 bits per heavy atom. The highest BCUT2D eigenvalue weighted by Crippen LogP contribution is 2.57. The zero-order valence-electron chi connectivity index (χ0n) is 13.3. The molecule has 1 amide bonds. The Kier molecular flexibility index (Phi) is 3.46. The van der Waals surface area contributed by atoms with Crippen LogP contribution in [-0.4, -0.2) is 17.2 Å². The summed E-state index contributed by atoms with van der Waals surface area (Å²) in [4.78, 5) is 14.1. The van der Waals surface area contributed by atoms with Crippen LogP contribution in [0.25, 0.3) is 0 Å². The van der Waals surface area contributed by atoms with Crippen LogP contribution in [0.3, 0.4) is 0 Å². The minimum Gasteiger partial charge on any atom is -0.373 e. The topological polar surface area (TPSA) is 40.5 Å². The van der Waals surface area contributed by atoms with Gasteiger partial charge in [0.25, 0.3) is 0 Å². The summed E-state index contributed by atoms with van der Waals surface area (Å²) in [6, 6.07) is 4.70. The Morgan fingerprint density at radius 1 is 1.25 bits per heavy atom. The third-order valence-corrected chi connectivity index (χ3v) is 6.28. The van der Waals surface area contributed by atoms with Crippen LogP contribution in [0.2, 0.25) is 0 Å². The molecule has 24 heavy (non-hydrogen) atoms. The van der Waals surface area contributed by atoms with Gasteiger partial charge >= 0.3 is 6.18 Å². The number of carbonyl (C=O) groups excluding carboxylic acids is 1. The van der Waals surface area contributed by atoms with Crippen LogP contribution in [0.5, 0.6) is 0 Å². The van der Waals surface area contributed by atoms with Gasteiger partial charge in [-0.1, -0.05) is 13.0 Å². The summed E-state index contributed by atoms with van der Waals surface area (Å²) >= 11 is 0. The molecule has 1 N–H and O–H groups in total. The normalized spacial score (nSPS) is 38.5. The van der Waals surface area contributed by atoms with E-state index in [1.165, 1.54) is 17.0 Å². The van der Waals surface area contributed by atoms with Crippen molar-refractivity contribution in [2.45, 2.75) is 38.6 Å². The second kappa shape index (κ2) is 5.22. The van der Waals surface area contributed by atoms with E-state index >= 15 is 0 Å². The van der Waals surface area contributed by atoms with Gasteiger partial charge in [0.1, 0.15) is 6.23 Å². The molecule has 0 aromatic heterocycles. The summed E-state index contributed by atoms with van der Waals surface area (Å²) in [5.74, 6) is 0.331. The molecule has 1 heterocycles. The number of halogens is 3. The van der Waals surface area contributed by atoms with Gasteiger partial charge in [-0.05, 0) is 55.2 Å². The number of alkyl halides is 3. The van der Waals surface area contributed by atoms with Gasteiger partial charge in [-0.15, -0.1) is 0 Å². The van der Waals surface area contributed by atoms with Gasteiger partial charge in [-0.3, -0.25) is 9.69 Å². The first-order valence-electron chi connectivity index (χ1n) is 8.47. The predicted molar refractivity (Wildman–Crippen MR) is 81.9 cm³/mol. The summed E-state index contributed by atoms with van der Waals surface area (Å²) in [6.45, 7) is 2.14. The third-order valence-electron chi connectivity index (χ3n) is 6.28. The van der Waals surface area contributed by atoms with E-state index in [2.05, 4.69) is 6.92 Å². The molecule has 2 bridgehead atoms. The number of anilines is 1. The second-order valence-corrected chi connectivity index (χ2v) is 7.49. The molecule has 3 aliphatic carbocycles. The van der Waals surface area contributed by atoms with Gasteiger partial charge in [0.05, 0.1) is 5.56 Å². The number of hydrogen-bond acceptors (Lipinski definition) is 2. The predicted octanol–water partition coefficient (Wildman–Crippen LogP) is 3.67. The molecular weight excluding hydrogens is 319 g/mol. The van der Waals surface area contributed by atoms with Crippen molar-refractivity contribution in [3.05, 3.63) is 29.8 Å². The smallest absolute Gasteiger partial charge is 0.373 e. The molecule has 0 radical (unpaired) electrons. The van der Waals surface area contributed by atoms with E-state index in [4.69, 9.17) is 0 Å². The van der Waals surface area contributed by atoms with Crippen LogP contribution < -0.4 is 4.90 Å². The maximum absolute atomic E-state index is 13.0. The average Bonchev–Trinajstić information content (AvgIpc) is 2.80. The van der Waals surface area contributed by atoms with Crippen molar-refractivity contribution < 1.29 is 23.1 Å². The van der Waals surface area contributed by atoms with Crippen molar-refractivity contribution in [2.75, 3.05) is 4.90 Å². The van der Waals surface area contributed by atoms with E-state index in [1.807, 2.05) is 0 Å². The fourth-order valence-corrected chi connectivity index (χ4v) is 5.27. The van der Waals surface area contributed by atoms with Gasteiger partial charge in [0.15, 0.2) is 0 Å². The lowest BCUT2D eigenvalue weighted by atomic mass is 9.55. The minimum atomic E-state index is -4.47. The summed E-state index contributed by atoms with van der Waals surface area (Å²) in [7, 11) is 0. The number of aliphatic hydroxyl groups is 1. The summed E-state index contributed by atoms with van der Waals surface area (Å²) in [5, 5.41) is 10.7. The lowest BCUT2D eigenvalue weighted by Gasteiger charge is -2.48. The van der Waals surface area contributed by atoms with Gasteiger partial charge in [-0.2, -0.15) is 13.2 Å². The van der Waals surface area contributed by atoms with E-state index in [-0.39, 0.29) is 35.3 Å². The largest absolute Gasteiger partial charge is 0.416 e. The van der Waals surface area contributed by atoms with Gasteiger partial charge in [0, 0.05) is 17.5 Å². The van der Waals surface area contributed by atoms with E-state index < -0.39 is 18.0 Å². The molecule has 1 aromatic carbocycles. The van der Waals surface area contributed by atoms with E-state index in [0.717, 1.165) is 31.4 Å². The number of amides is 1. The molecule has 5 rings (SSSR count). The number of benzene rings is 1. The van der Waals surface area contributed by atoms with Crippen molar-refractivity contribution in [1.29, 1.82) is 0 Å². The van der Waals surface area contributed by atoms with Crippen LogP contribution in [0.15, 0.2) is 24.3 Å². The van der Waals surface area contributed by atoms with Crippen molar-refractivity contribution in [1.82, 2.24) is 0 Å². The third kappa shape index (κ3) is 2.19. The van der Waals surface area contributed by atoms with E-state index in [1.54, 1.807) is 0 Å². The molecule has 6 atom stereocenters. The highest BCUT2D eigenvalue weighted by molar-refractivity contribution is 5.98. The molecular formula is C18H20F3NO2. The molecule has 6 heteroatoms. The van der Waals surface area contributed by atoms with Crippen molar-refractivity contribution >= 4 is 11.6 Å². The standard InChI is InChI=1S/C18H20F3NO2/c1-9-7-10-5-6-13(9)15-14(10)16(23)22(17(15)24)12-4-2-3-11(8-12)18(19,20)21/h2-4,8-10,13-16,23H,5-7H2,1H3/t9?,10?,13?,14-,15+,16?/m1/s1. The van der Waals surface area contributed by atoms with Crippen LogP contribution in [0, 0.1) is 29.6 Å². The SMILES string of the molecule is CC1CC2CCC1[C@@H]1C(=O)N(c3cccc(C(F)(F)F)c3)C(O)[C@H]21. The first-order valence-corrected chi connectivity index (χ1v) is 8.47. The molecule has 0 spiro atoms. The average molecular weight is 339 g/mol. The second-order valence-electron chi connectivity index (χ2n) is 7.49. The Bertz CT molecular complexity index is 674. The Morgan fingerprint density at radius 2 is 2.00 bits per heavy atom. The zero-order valence-corrected chi connectivity index (χ0v) is 13.3. The van der Waals surface area contributed by atoms with Gasteiger partial charge in [0.2, 0.25) is 5.91 Å². The zero-order chi connectivity index (χ0) is 17.2. The number of carbonyl (C=O) groups is 1. The number of hydrogen-bond donors (Lipinski definition) is 1. The van der Waals surface area contributed by atoms with Crippen LogP contribution >= 0.6 is 0 Å². The van der Waals surface area contributed by atoms with E-state index in [0.29, 0.717) is 5.92 Å². The Hall–Kier alpha value is -1.56. The fraction of sp³-hybridized carbons (Fsp3) is 0.611. The van der Waals surface area contributed by atoms with Crippen LogP contribution in [0.4, 0.5) is 18.9 Å². The van der Waals surface area contributed by atoms with E-state index in [9.17, 15) is 23.1 Å². The molecule has 3 saturated carbocycles. The molecule has 3 nitrogen and oxygen atoms in total. The van der Waals surface area contributed by atoms with Crippen LogP contribution in [-0.2, 0) is 11.0 Å². The minimum absolute atomic E-state index is 0.142. The van der Waals surface area contributed by atoms with Gasteiger partial charge in [-0.25, -0.2) is 0 Å². The summed E-state index contributed by atoms with van der Waals surface area (Å²) < 4.78 is 38.9. The first kappa shape index (κ1) is 15.9. The summed E-state index contributed by atoms with van der Waals surface area (Å²) in [5.41, 5.74) is -0.657. The number of aliphatic hydroxyl groups excluding tert-OH is 1. The van der Waals surface area contributed by atoms with Crippen molar-refractivity contribution in [2.24, 2.45) is 29.6 Å². The Balaban J connectivity index is 1.72. The Labute approximate surface area is 138 Å². The summed E-state index contributed by atoms with van der Waals surface area (Å²) in [6.07, 6.45) is -2.53. The number of fused-ring (bicyclic) bond motifs is 2. The van der Waals surface area contributed by atoms with Crippen molar-refractivity contribution in [3.63, 3.8) is 0 Å². The first-order chi connectivity index (χ1) is 11.3. The van der Waals surface area contributed by atoms with Crippen LogP contribution in [0.1, 0.15) is 31.7 Å². The fourth-order valence-electron chi connectivity index (χ4n) is 5.27. The highest BCUT2D eigenvalue weighted by atomic mass is 19.4. The lowest BCUT2D eigenvalue weighted by molar-refractivity contribution is -0.137. The number of rotatable bonds is 1. The molecule has 1 aliphatic heterocycles. The maximum Gasteiger partial charge on any atom is 0.416 e. The van der Waals surface area contributed by atoms with Gasteiger partial charge < -0.3 is 5.11 Å². The molecule has 4 aliphatic rings. The molecule has 4 fully saturated rings. The molecule has 1 saturated heterocycles. The monoisotopic (exact) mass is 339 g/mol. The highest BCUT2D eigenvalue weighted by Gasteiger charge is 2.59. The number of nitrogens with zero attached hydrogens (tertiary/aromatic N) is 1. The lowest BCUT2D eigenvalue weighted by Crippen LogP contribution is -2.46. The quantitative estimate of drug-likeness (QED) is 0.848. The molecule has 1 aromatic rings.